The van der Waals surface area contributed by atoms with Crippen LogP contribution in [0, 0.1) is 6.92 Å². The van der Waals surface area contributed by atoms with E-state index in [-0.39, 0.29) is 0 Å². The number of aliphatic hydroxyl groups is 1. The fraction of sp³-hybridized carbons (Fsp3) is 0.350. The van der Waals surface area contributed by atoms with Crippen LogP contribution in [0.3, 0.4) is 0 Å². The Balaban J connectivity index is 1.43. The molecule has 0 radical (unpaired) electrons. The number of fused-ring (bicyclic) bond motifs is 1. The molecule has 0 fully saturated rings. The van der Waals surface area contributed by atoms with Crippen LogP contribution in [0.4, 0.5) is 0 Å². The van der Waals surface area contributed by atoms with Crippen LogP contribution < -0.4 is 0 Å². The molecule has 5 heteroatoms. The Kier molecular flexibility index (Phi) is 4.42. The Morgan fingerprint density at radius 3 is 2.76 bits per heavy atom. The number of benzene rings is 1. The number of aryl methyl sites for hydroxylation is 1. The number of aliphatic hydroxyl groups excluding tert-OH is 1. The first-order chi connectivity index (χ1) is 12.2. The fourth-order valence-corrected chi connectivity index (χ4v) is 3.37. The molecule has 1 aromatic carbocycles. The van der Waals surface area contributed by atoms with E-state index >= 15 is 0 Å². The molecule has 1 aliphatic rings. The van der Waals surface area contributed by atoms with Crippen molar-refractivity contribution in [3.05, 3.63) is 77.0 Å². The predicted octanol–water partition coefficient (Wildman–Crippen LogP) is 3.08. The van der Waals surface area contributed by atoms with Gasteiger partial charge < -0.3 is 9.52 Å². The lowest BCUT2D eigenvalue weighted by atomic mass is 10.1. The van der Waals surface area contributed by atoms with Gasteiger partial charge in [-0.05, 0) is 30.7 Å². The largest absolute Gasteiger partial charge is 0.465 e. The summed E-state index contributed by atoms with van der Waals surface area (Å²) in [5.41, 5.74) is 3.03. The maximum atomic E-state index is 10.5. The van der Waals surface area contributed by atoms with E-state index in [0.717, 1.165) is 54.7 Å². The summed E-state index contributed by atoms with van der Waals surface area (Å²) in [5, 5.41) is 15.1. The summed E-state index contributed by atoms with van der Waals surface area (Å²) in [6.45, 7) is 5.37. The van der Waals surface area contributed by atoms with Crippen molar-refractivity contribution in [3.63, 3.8) is 0 Å². The van der Waals surface area contributed by atoms with E-state index in [1.54, 1.807) is 0 Å². The third-order valence-electron chi connectivity index (χ3n) is 4.68. The molecule has 0 saturated heterocycles. The number of hydrogen-bond donors (Lipinski definition) is 1. The molecule has 130 valence electrons. The van der Waals surface area contributed by atoms with E-state index in [1.165, 1.54) is 0 Å². The molecule has 0 bridgehead atoms. The van der Waals surface area contributed by atoms with Gasteiger partial charge in [-0.3, -0.25) is 9.58 Å². The quantitative estimate of drug-likeness (QED) is 0.777. The fourth-order valence-electron chi connectivity index (χ4n) is 3.37. The zero-order valence-electron chi connectivity index (χ0n) is 14.4. The molecule has 1 unspecified atom stereocenters. The molecule has 0 saturated carbocycles. The van der Waals surface area contributed by atoms with Gasteiger partial charge in [-0.1, -0.05) is 30.3 Å². The van der Waals surface area contributed by atoms with Crippen LogP contribution in [0.5, 0.6) is 0 Å². The van der Waals surface area contributed by atoms with E-state index in [2.05, 4.69) is 10.00 Å². The summed E-state index contributed by atoms with van der Waals surface area (Å²) in [6, 6.07) is 16.1. The standard InChI is InChI=1S/C20H23N3O2/c1-15-7-8-18(25-15)14-22-9-10-23-17(13-22)12-19(21-23)20(24)11-16-5-3-2-4-6-16/h2-8,12,20,24H,9-11,13-14H2,1H3. The Bertz CT molecular complexity index is 838. The normalized spacial score (nSPS) is 15.9. The minimum absolute atomic E-state index is 0.568. The Morgan fingerprint density at radius 1 is 1.16 bits per heavy atom. The van der Waals surface area contributed by atoms with Gasteiger partial charge in [0.2, 0.25) is 0 Å². The number of hydrogen-bond acceptors (Lipinski definition) is 4. The topological polar surface area (TPSA) is 54.4 Å². The second-order valence-corrected chi connectivity index (χ2v) is 6.71. The van der Waals surface area contributed by atoms with E-state index in [4.69, 9.17) is 4.42 Å². The van der Waals surface area contributed by atoms with Gasteiger partial charge in [0.25, 0.3) is 0 Å². The molecule has 4 rings (SSSR count). The van der Waals surface area contributed by atoms with Crippen LogP contribution >= 0.6 is 0 Å². The van der Waals surface area contributed by atoms with Gasteiger partial charge in [-0.2, -0.15) is 5.10 Å². The van der Waals surface area contributed by atoms with Crippen LogP contribution in [0.1, 0.15) is 34.6 Å². The predicted molar refractivity (Wildman–Crippen MR) is 94.9 cm³/mol. The lowest BCUT2D eigenvalue weighted by molar-refractivity contribution is 0.170. The first-order valence-electron chi connectivity index (χ1n) is 8.73. The van der Waals surface area contributed by atoms with Gasteiger partial charge in [0.05, 0.1) is 24.5 Å². The van der Waals surface area contributed by atoms with Crippen LogP contribution in [-0.4, -0.2) is 26.3 Å². The van der Waals surface area contributed by atoms with Gasteiger partial charge in [0, 0.05) is 19.5 Å². The molecule has 1 aliphatic heterocycles. The lowest BCUT2D eigenvalue weighted by Crippen LogP contribution is -2.33. The summed E-state index contributed by atoms with van der Waals surface area (Å²) in [4.78, 5) is 2.35. The monoisotopic (exact) mass is 337 g/mol. The molecule has 1 atom stereocenters. The third-order valence-corrected chi connectivity index (χ3v) is 4.68. The third kappa shape index (κ3) is 3.67. The SMILES string of the molecule is Cc1ccc(CN2CCn3nc(C(O)Cc4ccccc4)cc3C2)o1. The minimum atomic E-state index is -0.568. The lowest BCUT2D eigenvalue weighted by Gasteiger charge is -2.26. The Hall–Kier alpha value is -2.37. The van der Waals surface area contributed by atoms with Crippen molar-refractivity contribution in [2.24, 2.45) is 0 Å². The van der Waals surface area contributed by atoms with Crippen LogP contribution in [0.25, 0.3) is 0 Å². The molecular weight excluding hydrogens is 314 g/mol. The highest BCUT2D eigenvalue weighted by Gasteiger charge is 2.22. The molecule has 0 amide bonds. The maximum absolute atomic E-state index is 10.5. The molecule has 0 spiro atoms. The Labute approximate surface area is 147 Å². The van der Waals surface area contributed by atoms with Crippen molar-refractivity contribution in [3.8, 4) is 0 Å². The van der Waals surface area contributed by atoms with Gasteiger partial charge in [-0.25, -0.2) is 0 Å². The van der Waals surface area contributed by atoms with Crippen LogP contribution in [-0.2, 0) is 26.1 Å². The molecular formula is C20H23N3O2. The van der Waals surface area contributed by atoms with Crippen molar-refractivity contribution >= 4 is 0 Å². The molecule has 3 aromatic rings. The molecule has 0 aliphatic carbocycles. The first-order valence-corrected chi connectivity index (χ1v) is 8.73. The Morgan fingerprint density at radius 2 is 2.00 bits per heavy atom. The molecule has 25 heavy (non-hydrogen) atoms. The zero-order valence-corrected chi connectivity index (χ0v) is 14.4. The number of furan rings is 1. The highest BCUT2D eigenvalue weighted by atomic mass is 16.3. The molecule has 1 N–H and O–H groups in total. The van der Waals surface area contributed by atoms with E-state index in [9.17, 15) is 5.11 Å². The minimum Gasteiger partial charge on any atom is -0.465 e. The zero-order chi connectivity index (χ0) is 17.2. The van der Waals surface area contributed by atoms with Crippen LogP contribution in [0.15, 0.2) is 52.9 Å². The average molecular weight is 337 g/mol. The van der Waals surface area contributed by atoms with E-state index in [0.29, 0.717) is 6.42 Å². The summed E-state index contributed by atoms with van der Waals surface area (Å²) < 4.78 is 7.70. The number of rotatable bonds is 5. The van der Waals surface area contributed by atoms with Crippen molar-refractivity contribution in [1.82, 2.24) is 14.7 Å². The number of aromatic nitrogens is 2. The second-order valence-electron chi connectivity index (χ2n) is 6.71. The molecule has 3 heterocycles. The van der Waals surface area contributed by atoms with Gasteiger partial charge in [0.15, 0.2) is 0 Å². The van der Waals surface area contributed by atoms with Crippen molar-refractivity contribution in [2.75, 3.05) is 6.54 Å². The average Bonchev–Trinajstić information content (AvgIpc) is 3.21. The van der Waals surface area contributed by atoms with Crippen molar-refractivity contribution in [2.45, 2.75) is 39.1 Å². The highest BCUT2D eigenvalue weighted by Crippen LogP contribution is 2.22. The first kappa shape index (κ1) is 16.1. The maximum Gasteiger partial charge on any atom is 0.118 e. The number of nitrogens with zero attached hydrogens (tertiary/aromatic N) is 3. The van der Waals surface area contributed by atoms with Gasteiger partial charge >= 0.3 is 0 Å². The van der Waals surface area contributed by atoms with E-state index < -0.39 is 6.10 Å². The summed E-state index contributed by atoms with van der Waals surface area (Å²) >= 11 is 0. The smallest absolute Gasteiger partial charge is 0.118 e. The van der Waals surface area contributed by atoms with Crippen LogP contribution in [0.2, 0.25) is 0 Å². The molecule has 5 nitrogen and oxygen atoms in total. The van der Waals surface area contributed by atoms with Crippen molar-refractivity contribution in [1.29, 1.82) is 0 Å². The summed E-state index contributed by atoms with van der Waals surface area (Å²) in [7, 11) is 0. The van der Waals surface area contributed by atoms with Gasteiger partial charge in [0.1, 0.15) is 17.6 Å². The second kappa shape index (κ2) is 6.86. The summed E-state index contributed by atoms with van der Waals surface area (Å²) in [5.74, 6) is 1.94. The van der Waals surface area contributed by atoms with Crippen molar-refractivity contribution < 1.29 is 9.52 Å². The van der Waals surface area contributed by atoms with E-state index in [1.807, 2.05) is 60.1 Å². The van der Waals surface area contributed by atoms with Gasteiger partial charge in [-0.15, -0.1) is 0 Å². The summed E-state index contributed by atoms with van der Waals surface area (Å²) in [6.07, 6.45) is 0.0221. The highest BCUT2D eigenvalue weighted by molar-refractivity contribution is 5.20. The molecule has 2 aromatic heterocycles.